The zero-order valence-corrected chi connectivity index (χ0v) is 12.0. The van der Waals surface area contributed by atoms with Gasteiger partial charge in [0.15, 0.2) is 0 Å². The third kappa shape index (κ3) is 3.92. The van der Waals surface area contributed by atoms with Gasteiger partial charge < -0.3 is 19.5 Å². The van der Waals surface area contributed by atoms with Crippen LogP contribution in [0.25, 0.3) is 0 Å². The molecule has 0 spiro atoms. The van der Waals surface area contributed by atoms with Crippen LogP contribution in [0.15, 0.2) is 0 Å². The number of nitrogens with zero attached hydrogens (tertiary/aromatic N) is 4. The largest absolute Gasteiger partial charge is 0.467 e. The highest BCUT2D eigenvalue weighted by molar-refractivity contribution is 5.33. The number of ether oxygens (including phenoxy) is 2. The van der Waals surface area contributed by atoms with E-state index in [2.05, 4.69) is 28.8 Å². The molecule has 0 bridgehead atoms. The predicted octanol–water partition coefficient (Wildman–Crippen LogP) is 0.876. The van der Waals surface area contributed by atoms with Crippen molar-refractivity contribution in [2.24, 2.45) is 0 Å². The van der Waals surface area contributed by atoms with E-state index in [-0.39, 0.29) is 24.7 Å². The van der Waals surface area contributed by atoms with Crippen molar-refractivity contribution < 1.29 is 14.6 Å². The van der Waals surface area contributed by atoms with Gasteiger partial charge in [-0.1, -0.05) is 13.8 Å². The molecular weight excluding hydrogens is 248 g/mol. The molecule has 1 aromatic rings. The van der Waals surface area contributed by atoms with Crippen molar-refractivity contribution in [3.8, 4) is 12.0 Å². The van der Waals surface area contributed by atoms with Crippen molar-refractivity contribution in [2.75, 3.05) is 32.3 Å². The van der Waals surface area contributed by atoms with Crippen molar-refractivity contribution in [1.29, 1.82) is 0 Å². The lowest BCUT2D eigenvalue weighted by atomic mass is 10.1. The van der Waals surface area contributed by atoms with Crippen molar-refractivity contribution in [3.63, 3.8) is 0 Å². The molecule has 7 heteroatoms. The number of rotatable bonds is 8. The van der Waals surface area contributed by atoms with Crippen LogP contribution in [-0.4, -0.2) is 53.5 Å². The van der Waals surface area contributed by atoms with Gasteiger partial charge in [0.2, 0.25) is 5.95 Å². The second-order valence-corrected chi connectivity index (χ2v) is 4.00. The number of hydrogen-bond acceptors (Lipinski definition) is 7. The Morgan fingerprint density at radius 3 is 1.95 bits per heavy atom. The van der Waals surface area contributed by atoms with E-state index in [4.69, 9.17) is 9.47 Å². The summed E-state index contributed by atoms with van der Waals surface area (Å²) in [4.78, 5) is 14.4. The fraction of sp³-hybridized carbons (Fsp3) is 0.750. The summed E-state index contributed by atoms with van der Waals surface area (Å²) in [5, 5.41) is 9.22. The van der Waals surface area contributed by atoms with Gasteiger partial charge in [-0.05, 0) is 12.8 Å². The van der Waals surface area contributed by atoms with Crippen LogP contribution in [0.4, 0.5) is 5.95 Å². The van der Waals surface area contributed by atoms with E-state index in [0.717, 1.165) is 12.8 Å². The van der Waals surface area contributed by atoms with Crippen LogP contribution < -0.4 is 14.4 Å². The minimum atomic E-state index is 0.0345. The Bertz CT molecular complexity index is 363. The maximum Gasteiger partial charge on any atom is 0.324 e. The molecule has 0 aliphatic carbocycles. The van der Waals surface area contributed by atoms with Gasteiger partial charge in [-0.25, -0.2) is 0 Å². The first-order valence-corrected chi connectivity index (χ1v) is 6.41. The van der Waals surface area contributed by atoms with Crippen LogP contribution in [0.1, 0.15) is 26.7 Å². The summed E-state index contributed by atoms with van der Waals surface area (Å²) in [6.07, 6.45) is 1.87. The van der Waals surface area contributed by atoms with E-state index in [9.17, 15) is 5.11 Å². The number of aliphatic hydroxyl groups is 1. The number of aromatic nitrogens is 3. The van der Waals surface area contributed by atoms with Crippen molar-refractivity contribution in [3.05, 3.63) is 0 Å². The quantitative estimate of drug-likeness (QED) is 0.750. The van der Waals surface area contributed by atoms with Crippen LogP contribution in [0.3, 0.4) is 0 Å². The Morgan fingerprint density at radius 1 is 1.05 bits per heavy atom. The molecule has 1 heterocycles. The van der Waals surface area contributed by atoms with Crippen molar-refractivity contribution in [2.45, 2.75) is 32.7 Å². The van der Waals surface area contributed by atoms with E-state index >= 15 is 0 Å². The molecule has 0 fully saturated rings. The summed E-state index contributed by atoms with van der Waals surface area (Å²) in [7, 11) is 2.98. The predicted molar refractivity (Wildman–Crippen MR) is 71.7 cm³/mol. The highest BCUT2D eigenvalue weighted by Gasteiger charge is 2.20. The Hall–Kier alpha value is -1.63. The SMILES string of the molecule is CCC(CC)N(CCO)c1nc(OC)nc(OC)n1. The first kappa shape index (κ1) is 15.4. The monoisotopic (exact) mass is 270 g/mol. The molecule has 0 aliphatic heterocycles. The first-order chi connectivity index (χ1) is 9.19. The summed E-state index contributed by atoms with van der Waals surface area (Å²) < 4.78 is 10.1. The zero-order valence-electron chi connectivity index (χ0n) is 12.0. The van der Waals surface area contributed by atoms with Crippen LogP contribution in [0.2, 0.25) is 0 Å². The fourth-order valence-electron chi connectivity index (χ4n) is 1.92. The van der Waals surface area contributed by atoms with Crippen LogP contribution in [-0.2, 0) is 0 Å². The summed E-state index contributed by atoms with van der Waals surface area (Å²) >= 11 is 0. The molecule has 0 aliphatic rings. The fourth-order valence-corrected chi connectivity index (χ4v) is 1.92. The average Bonchev–Trinajstić information content (AvgIpc) is 2.46. The highest BCUT2D eigenvalue weighted by Crippen LogP contribution is 2.20. The molecular formula is C12H22N4O3. The molecule has 0 saturated heterocycles. The van der Waals surface area contributed by atoms with E-state index < -0.39 is 0 Å². The Labute approximate surface area is 113 Å². The van der Waals surface area contributed by atoms with Gasteiger partial charge >= 0.3 is 12.0 Å². The maximum absolute atomic E-state index is 9.22. The molecule has 0 unspecified atom stereocenters. The molecule has 108 valence electrons. The van der Waals surface area contributed by atoms with Crippen molar-refractivity contribution in [1.82, 2.24) is 15.0 Å². The van der Waals surface area contributed by atoms with Gasteiger partial charge in [-0.15, -0.1) is 4.98 Å². The first-order valence-electron chi connectivity index (χ1n) is 6.41. The Kier molecular flexibility index (Phi) is 6.27. The molecule has 0 amide bonds. The molecule has 7 nitrogen and oxygen atoms in total. The normalized spacial score (nSPS) is 10.6. The van der Waals surface area contributed by atoms with Crippen LogP contribution >= 0.6 is 0 Å². The lowest BCUT2D eigenvalue weighted by Gasteiger charge is -2.29. The van der Waals surface area contributed by atoms with E-state index in [0.29, 0.717) is 12.5 Å². The third-order valence-electron chi connectivity index (χ3n) is 2.93. The average molecular weight is 270 g/mol. The molecule has 1 N–H and O–H groups in total. The molecule has 1 aromatic heterocycles. The van der Waals surface area contributed by atoms with E-state index in [1.807, 2.05) is 4.90 Å². The van der Waals surface area contributed by atoms with Gasteiger partial charge in [-0.2, -0.15) is 9.97 Å². The number of hydrogen-bond donors (Lipinski definition) is 1. The third-order valence-corrected chi connectivity index (χ3v) is 2.93. The topological polar surface area (TPSA) is 80.6 Å². The molecule has 0 atom stereocenters. The second-order valence-electron chi connectivity index (χ2n) is 4.00. The minimum absolute atomic E-state index is 0.0345. The lowest BCUT2D eigenvalue weighted by molar-refractivity contribution is 0.293. The minimum Gasteiger partial charge on any atom is -0.467 e. The zero-order chi connectivity index (χ0) is 14.3. The van der Waals surface area contributed by atoms with Gasteiger partial charge in [0.25, 0.3) is 0 Å². The van der Waals surface area contributed by atoms with Gasteiger partial charge in [0, 0.05) is 12.6 Å². The molecule has 0 aromatic carbocycles. The smallest absolute Gasteiger partial charge is 0.324 e. The van der Waals surface area contributed by atoms with Crippen molar-refractivity contribution >= 4 is 5.95 Å². The summed E-state index contributed by atoms with van der Waals surface area (Å²) in [5.74, 6) is 0.464. The highest BCUT2D eigenvalue weighted by atomic mass is 16.5. The second kappa shape index (κ2) is 7.73. The summed E-state index contributed by atoms with van der Waals surface area (Å²) in [5.41, 5.74) is 0. The molecule has 1 rings (SSSR count). The van der Waals surface area contributed by atoms with Gasteiger partial charge in [-0.3, -0.25) is 0 Å². The summed E-state index contributed by atoms with van der Waals surface area (Å²) in [6.45, 7) is 4.68. The standard InChI is InChI=1S/C12H22N4O3/c1-5-9(6-2)16(7-8-17)10-13-11(18-3)15-12(14-10)19-4/h9,17H,5-8H2,1-4H3. The van der Waals surface area contributed by atoms with E-state index in [1.54, 1.807) is 0 Å². The summed E-state index contributed by atoms with van der Waals surface area (Å²) in [6, 6.07) is 0.662. The molecule has 0 radical (unpaired) electrons. The van der Waals surface area contributed by atoms with Crippen LogP contribution in [0.5, 0.6) is 12.0 Å². The van der Waals surface area contributed by atoms with Gasteiger partial charge in [0.05, 0.1) is 20.8 Å². The van der Waals surface area contributed by atoms with E-state index in [1.165, 1.54) is 14.2 Å². The molecule has 19 heavy (non-hydrogen) atoms. The number of methoxy groups -OCH3 is 2. The molecule has 0 saturated carbocycles. The lowest BCUT2D eigenvalue weighted by Crippen LogP contribution is -2.38. The number of anilines is 1. The Morgan fingerprint density at radius 2 is 1.58 bits per heavy atom. The maximum atomic E-state index is 9.22. The van der Waals surface area contributed by atoms with Gasteiger partial charge in [0.1, 0.15) is 0 Å². The Balaban J connectivity index is 3.12. The number of aliphatic hydroxyl groups excluding tert-OH is 1. The van der Waals surface area contributed by atoms with Crippen LogP contribution in [0, 0.1) is 0 Å².